The number of carboxylic acid groups (broad SMARTS) is 2. The number of halogens is 1. The minimum Gasteiger partial charge on any atom is -0.493 e. The van der Waals surface area contributed by atoms with Gasteiger partial charge < -0.3 is 19.7 Å². The van der Waals surface area contributed by atoms with Gasteiger partial charge in [0.2, 0.25) is 0 Å². The fourth-order valence-corrected chi connectivity index (χ4v) is 2.41. The molecule has 0 saturated heterocycles. The van der Waals surface area contributed by atoms with Crippen molar-refractivity contribution in [2.24, 2.45) is 0 Å². The van der Waals surface area contributed by atoms with E-state index in [2.05, 4.69) is 15.9 Å². The second kappa shape index (κ2) is 7.31. The first-order valence-corrected chi connectivity index (χ1v) is 7.31. The van der Waals surface area contributed by atoms with Crippen LogP contribution in [0.4, 0.5) is 0 Å². The van der Waals surface area contributed by atoms with Crippen LogP contribution in [0, 0.1) is 0 Å². The summed E-state index contributed by atoms with van der Waals surface area (Å²) in [5.41, 5.74) is -1.85. The van der Waals surface area contributed by atoms with Gasteiger partial charge in [0.25, 0.3) is 0 Å². The molecule has 0 aliphatic heterocycles. The van der Waals surface area contributed by atoms with E-state index in [0.29, 0.717) is 23.2 Å². The monoisotopic (exact) mass is 360 g/mol. The Hall–Kier alpha value is -1.76. The number of hydrogen-bond donors (Lipinski definition) is 2. The number of ether oxygens (including phenoxy) is 2. The van der Waals surface area contributed by atoms with Crippen LogP contribution >= 0.6 is 15.9 Å². The normalized spacial score (nSPS) is 11.0. The summed E-state index contributed by atoms with van der Waals surface area (Å²) in [7, 11) is 2.85. The molecule has 0 aromatic heterocycles. The van der Waals surface area contributed by atoms with Crippen LogP contribution < -0.4 is 9.47 Å². The van der Waals surface area contributed by atoms with E-state index in [0.717, 1.165) is 0 Å². The van der Waals surface area contributed by atoms with Crippen molar-refractivity contribution >= 4 is 27.9 Å². The maximum Gasteiger partial charge on any atom is 0.325 e. The van der Waals surface area contributed by atoms with Gasteiger partial charge in [-0.3, -0.25) is 9.59 Å². The van der Waals surface area contributed by atoms with Crippen molar-refractivity contribution in [3.8, 4) is 11.5 Å². The molecule has 0 aliphatic rings. The molecule has 116 valence electrons. The number of hydrogen-bond acceptors (Lipinski definition) is 4. The second-order valence-corrected chi connectivity index (χ2v) is 5.17. The molecule has 0 radical (unpaired) electrons. The van der Waals surface area contributed by atoms with Crippen molar-refractivity contribution < 1.29 is 29.3 Å². The Morgan fingerprint density at radius 2 is 1.71 bits per heavy atom. The van der Waals surface area contributed by atoms with Crippen molar-refractivity contribution in [1.82, 2.24) is 0 Å². The van der Waals surface area contributed by atoms with Crippen LogP contribution in [0.5, 0.6) is 11.5 Å². The topological polar surface area (TPSA) is 93.1 Å². The van der Waals surface area contributed by atoms with Crippen molar-refractivity contribution in [2.75, 3.05) is 19.5 Å². The molecule has 0 fully saturated rings. The van der Waals surface area contributed by atoms with E-state index >= 15 is 0 Å². The van der Waals surface area contributed by atoms with E-state index in [1.807, 2.05) is 0 Å². The summed E-state index contributed by atoms with van der Waals surface area (Å²) in [6, 6.07) is 4.34. The first kappa shape index (κ1) is 17.3. The lowest BCUT2D eigenvalue weighted by atomic mass is 9.76. The highest BCUT2D eigenvalue weighted by atomic mass is 79.9. The van der Waals surface area contributed by atoms with Crippen molar-refractivity contribution in [3.63, 3.8) is 0 Å². The van der Waals surface area contributed by atoms with Gasteiger partial charge in [-0.25, -0.2) is 0 Å². The Kier molecular flexibility index (Phi) is 6.02. The summed E-state index contributed by atoms with van der Waals surface area (Å²) < 4.78 is 10.2. The van der Waals surface area contributed by atoms with Gasteiger partial charge in [0, 0.05) is 5.33 Å². The lowest BCUT2D eigenvalue weighted by Gasteiger charge is -2.26. The van der Waals surface area contributed by atoms with Crippen LogP contribution in [0.2, 0.25) is 0 Å². The summed E-state index contributed by atoms with van der Waals surface area (Å²) in [5, 5.41) is 19.5. The molecule has 21 heavy (non-hydrogen) atoms. The molecular weight excluding hydrogens is 344 g/mol. The highest BCUT2D eigenvalue weighted by Gasteiger charge is 2.48. The number of alkyl halides is 1. The van der Waals surface area contributed by atoms with Crippen LogP contribution in [0.15, 0.2) is 18.2 Å². The number of carboxylic acids is 2. The zero-order chi connectivity index (χ0) is 16.0. The third-order valence-corrected chi connectivity index (χ3v) is 3.85. The summed E-state index contributed by atoms with van der Waals surface area (Å²) in [6.07, 6.45) is 0.380. The van der Waals surface area contributed by atoms with Gasteiger partial charge in [-0.1, -0.05) is 22.0 Å². The van der Waals surface area contributed by atoms with E-state index in [4.69, 9.17) is 9.47 Å². The largest absolute Gasteiger partial charge is 0.493 e. The van der Waals surface area contributed by atoms with Crippen LogP contribution in [0.3, 0.4) is 0 Å². The number of benzene rings is 1. The van der Waals surface area contributed by atoms with E-state index < -0.39 is 17.4 Å². The third-order valence-electron chi connectivity index (χ3n) is 3.29. The molecule has 0 atom stereocenters. The molecule has 1 aromatic rings. The zero-order valence-corrected chi connectivity index (χ0v) is 13.3. The molecule has 0 amide bonds. The lowest BCUT2D eigenvalue weighted by Crippen LogP contribution is -2.44. The minimum atomic E-state index is -2.01. The maximum atomic E-state index is 11.7. The van der Waals surface area contributed by atoms with E-state index in [-0.39, 0.29) is 12.0 Å². The Bertz CT molecular complexity index is 514. The van der Waals surface area contributed by atoms with Gasteiger partial charge >= 0.3 is 11.9 Å². The van der Waals surface area contributed by atoms with Crippen LogP contribution in [-0.2, 0) is 15.0 Å². The summed E-state index contributed by atoms with van der Waals surface area (Å²) in [4.78, 5) is 23.3. The molecule has 0 heterocycles. The smallest absolute Gasteiger partial charge is 0.325 e. The quantitative estimate of drug-likeness (QED) is 0.545. The predicted octanol–water partition coefficient (Wildman–Crippen LogP) is 2.29. The van der Waals surface area contributed by atoms with Gasteiger partial charge in [0.15, 0.2) is 16.9 Å². The molecule has 0 aliphatic carbocycles. The Morgan fingerprint density at radius 3 is 2.14 bits per heavy atom. The van der Waals surface area contributed by atoms with Gasteiger partial charge in [0.05, 0.1) is 14.2 Å². The summed E-state index contributed by atoms with van der Waals surface area (Å²) in [5.74, 6) is -2.10. The van der Waals surface area contributed by atoms with E-state index in [9.17, 15) is 19.8 Å². The lowest BCUT2D eigenvalue weighted by molar-refractivity contribution is -0.158. The Labute approximate surface area is 130 Å². The van der Waals surface area contributed by atoms with Gasteiger partial charge in [-0.15, -0.1) is 0 Å². The zero-order valence-electron chi connectivity index (χ0n) is 11.8. The average Bonchev–Trinajstić information content (AvgIpc) is 2.47. The second-order valence-electron chi connectivity index (χ2n) is 4.38. The van der Waals surface area contributed by atoms with Gasteiger partial charge in [-0.2, -0.15) is 0 Å². The SMILES string of the molecule is COc1ccc(C(CCCBr)(C(=O)O)C(=O)O)cc1OC. The maximum absolute atomic E-state index is 11.7. The molecule has 1 aromatic carbocycles. The highest BCUT2D eigenvalue weighted by Crippen LogP contribution is 2.36. The summed E-state index contributed by atoms with van der Waals surface area (Å²) >= 11 is 3.19. The van der Waals surface area contributed by atoms with E-state index in [1.165, 1.54) is 32.4 Å². The van der Waals surface area contributed by atoms with Crippen LogP contribution in [-0.4, -0.2) is 41.7 Å². The number of rotatable bonds is 8. The molecule has 6 nitrogen and oxygen atoms in total. The van der Waals surface area contributed by atoms with E-state index in [1.54, 1.807) is 0 Å². The van der Waals surface area contributed by atoms with Crippen molar-refractivity contribution in [3.05, 3.63) is 23.8 Å². The fourth-order valence-electron chi connectivity index (χ4n) is 2.13. The fraction of sp³-hybridized carbons (Fsp3) is 0.429. The molecular formula is C14H17BrO6. The number of methoxy groups -OCH3 is 2. The number of carbonyl (C=O) groups is 2. The molecule has 0 bridgehead atoms. The first-order chi connectivity index (χ1) is 9.93. The molecule has 0 unspecified atom stereocenters. The Morgan fingerprint density at radius 1 is 1.14 bits per heavy atom. The Balaban J connectivity index is 3.44. The van der Waals surface area contributed by atoms with Crippen molar-refractivity contribution in [1.29, 1.82) is 0 Å². The third kappa shape index (κ3) is 3.29. The molecule has 7 heteroatoms. The number of aliphatic carboxylic acids is 2. The average molecular weight is 361 g/mol. The van der Waals surface area contributed by atoms with Crippen LogP contribution in [0.1, 0.15) is 18.4 Å². The summed E-state index contributed by atoms with van der Waals surface area (Å²) in [6.45, 7) is 0. The van der Waals surface area contributed by atoms with Crippen LogP contribution in [0.25, 0.3) is 0 Å². The standard InChI is InChI=1S/C14H17BrO6/c1-20-10-5-4-9(8-11(10)21-2)14(12(16)17,13(18)19)6-3-7-15/h4-5,8H,3,6-7H2,1-2H3,(H,16,17)(H,18,19). The van der Waals surface area contributed by atoms with Gasteiger partial charge in [-0.05, 0) is 30.5 Å². The minimum absolute atomic E-state index is 0.0294. The van der Waals surface area contributed by atoms with Gasteiger partial charge in [0.1, 0.15) is 0 Å². The molecule has 0 saturated carbocycles. The highest BCUT2D eigenvalue weighted by molar-refractivity contribution is 9.09. The molecule has 0 spiro atoms. The van der Waals surface area contributed by atoms with Crippen molar-refractivity contribution in [2.45, 2.75) is 18.3 Å². The first-order valence-electron chi connectivity index (χ1n) is 6.19. The predicted molar refractivity (Wildman–Crippen MR) is 79.5 cm³/mol. The molecule has 2 N–H and O–H groups in total. The molecule has 1 rings (SSSR count).